The number of alkyl halides is 3. The fourth-order valence-electron chi connectivity index (χ4n) is 2.81. The number of halogens is 3. The normalized spacial score (nSPS) is 17.8. The van der Waals surface area contributed by atoms with Crippen molar-refractivity contribution in [3.8, 4) is 5.75 Å². The number of ether oxygens (including phenoxy) is 1. The number of nitrogens with two attached hydrogens (primary N) is 1. The lowest BCUT2D eigenvalue weighted by Crippen LogP contribution is -2.40. The zero-order valence-corrected chi connectivity index (χ0v) is 15.4. The van der Waals surface area contributed by atoms with Crippen LogP contribution in [0.15, 0.2) is 41.0 Å². The smallest absolute Gasteiger partial charge is 0.419 e. The molecule has 3 N–H and O–H groups in total. The third-order valence-electron chi connectivity index (χ3n) is 4.06. The number of hydrogen-bond donors (Lipinski definition) is 2. The molecule has 152 valence electrons. The first-order valence-corrected chi connectivity index (χ1v) is 8.49. The molecule has 0 aliphatic carbocycles. The van der Waals surface area contributed by atoms with Crippen LogP contribution in [0.4, 0.5) is 13.2 Å². The van der Waals surface area contributed by atoms with E-state index in [1.807, 2.05) is 0 Å². The second-order valence-electron chi connectivity index (χ2n) is 5.97. The van der Waals surface area contributed by atoms with Crippen molar-refractivity contribution >= 4 is 18.0 Å². The Hall–Kier alpha value is -3.04. The molecule has 7 nitrogen and oxygen atoms in total. The number of oxime groups is 1. The van der Waals surface area contributed by atoms with Crippen LogP contribution in [0.5, 0.6) is 5.75 Å². The maximum Gasteiger partial charge on any atom is 0.419 e. The first-order chi connectivity index (χ1) is 13.3. The largest absolute Gasteiger partial charge is 0.489 e. The lowest BCUT2D eigenvalue weighted by atomic mass is 10.1. The van der Waals surface area contributed by atoms with E-state index in [1.165, 1.54) is 31.5 Å². The van der Waals surface area contributed by atoms with Gasteiger partial charge in [-0.3, -0.25) is 5.41 Å². The van der Waals surface area contributed by atoms with E-state index in [2.05, 4.69) is 16.7 Å². The Bertz CT molecular complexity index is 777. The molecule has 1 aliphatic heterocycles. The number of rotatable bonds is 6. The molecule has 0 unspecified atom stereocenters. The van der Waals surface area contributed by atoms with E-state index < -0.39 is 11.7 Å². The number of likely N-dealkylation sites (tertiary alicyclic amines) is 1. The van der Waals surface area contributed by atoms with Gasteiger partial charge in [-0.1, -0.05) is 17.8 Å². The lowest BCUT2D eigenvalue weighted by Gasteiger charge is -2.21. The van der Waals surface area contributed by atoms with Gasteiger partial charge in [0, 0.05) is 18.3 Å². The Morgan fingerprint density at radius 2 is 2.21 bits per heavy atom. The summed E-state index contributed by atoms with van der Waals surface area (Å²) in [6.07, 6.45) is -0.183. The molecule has 1 aromatic carbocycles. The van der Waals surface area contributed by atoms with Crippen LogP contribution >= 0.6 is 0 Å². The van der Waals surface area contributed by atoms with Gasteiger partial charge in [0.05, 0.1) is 11.6 Å². The van der Waals surface area contributed by atoms with Gasteiger partial charge in [-0.2, -0.15) is 13.2 Å². The van der Waals surface area contributed by atoms with Crippen LogP contribution in [-0.2, 0) is 11.0 Å². The number of hydrogen-bond acceptors (Lipinski definition) is 4. The first-order valence-electron chi connectivity index (χ1n) is 8.49. The van der Waals surface area contributed by atoms with Gasteiger partial charge in [0.25, 0.3) is 0 Å². The van der Waals surface area contributed by atoms with Crippen LogP contribution in [0.2, 0.25) is 0 Å². The van der Waals surface area contributed by atoms with Crippen molar-refractivity contribution in [3.63, 3.8) is 0 Å². The number of benzene rings is 1. The predicted molar refractivity (Wildman–Crippen MR) is 101 cm³/mol. The Kier molecular flexibility index (Phi) is 7.02. The zero-order chi connectivity index (χ0) is 20.7. The SMILES string of the molecule is C=CCOc1ccc(C(=N/OC)/N=C/[C@@H]2CCCN2C(=N)N)cc1C(F)(F)F. The van der Waals surface area contributed by atoms with Gasteiger partial charge in [0.2, 0.25) is 0 Å². The molecule has 1 atom stereocenters. The maximum absolute atomic E-state index is 13.4. The highest BCUT2D eigenvalue weighted by molar-refractivity contribution is 6.03. The Morgan fingerprint density at radius 1 is 1.46 bits per heavy atom. The topological polar surface area (TPSA) is 96.3 Å². The van der Waals surface area contributed by atoms with Gasteiger partial charge in [-0.25, -0.2) is 4.99 Å². The van der Waals surface area contributed by atoms with Crippen molar-refractivity contribution in [2.75, 3.05) is 20.3 Å². The summed E-state index contributed by atoms with van der Waals surface area (Å²) in [6.45, 7) is 4.00. The molecule has 0 radical (unpaired) electrons. The zero-order valence-electron chi connectivity index (χ0n) is 15.4. The lowest BCUT2D eigenvalue weighted by molar-refractivity contribution is -0.138. The molecular formula is C18H22F3N5O2. The van der Waals surface area contributed by atoms with Crippen molar-refractivity contribution in [2.45, 2.75) is 25.1 Å². The highest BCUT2D eigenvalue weighted by Gasteiger charge is 2.35. The van der Waals surface area contributed by atoms with E-state index >= 15 is 0 Å². The molecule has 1 saturated heterocycles. The number of nitrogens with one attached hydrogen (secondary N) is 1. The number of amidine groups is 1. The van der Waals surface area contributed by atoms with Gasteiger partial charge in [0.1, 0.15) is 19.5 Å². The molecule has 1 aromatic rings. The summed E-state index contributed by atoms with van der Waals surface area (Å²) in [5.41, 5.74) is 4.70. The van der Waals surface area contributed by atoms with Crippen molar-refractivity contribution in [1.29, 1.82) is 5.41 Å². The summed E-state index contributed by atoms with van der Waals surface area (Å²) in [4.78, 5) is 10.6. The average Bonchev–Trinajstić information content (AvgIpc) is 3.11. The standard InChI is InChI=1S/C18H22F3N5O2/c1-3-9-28-15-7-6-12(10-14(15)18(19,20)21)16(25-27-2)24-11-13-5-4-8-26(13)17(22)23/h3,6-7,10-11,13H,1,4-5,8-9H2,2H3,(H3,22,23)/b24-11+,25-16-/t13-/m0/s1. The highest BCUT2D eigenvalue weighted by atomic mass is 19.4. The summed E-state index contributed by atoms with van der Waals surface area (Å²) >= 11 is 0. The number of aliphatic imine (C=N–C) groups is 1. The molecule has 0 spiro atoms. The summed E-state index contributed by atoms with van der Waals surface area (Å²) in [5.74, 6) is -0.420. The first kappa shape index (κ1) is 21.3. The summed E-state index contributed by atoms with van der Waals surface area (Å²) in [6, 6.07) is 3.31. The van der Waals surface area contributed by atoms with E-state index in [1.54, 1.807) is 4.90 Å². The molecule has 28 heavy (non-hydrogen) atoms. The minimum atomic E-state index is -4.62. The van der Waals surface area contributed by atoms with Crippen molar-refractivity contribution in [2.24, 2.45) is 15.9 Å². The second-order valence-corrected chi connectivity index (χ2v) is 5.97. The molecule has 1 heterocycles. The van der Waals surface area contributed by atoms with E-state index in [0.29, 0.717) is 6.54 Å². The predicted octanol–water partition coefficient (Wildman–Crippen LogP) is 3.01. The fourth-order valence-corrected chi connectivity index (χ4v) is 2.81. The van der Waals surface area contributed by atoms with Crippen molar-refractivity contribution in [3.05, 3.63) is 42.0 Å². The van der Waals surface area contributed by atoms with Crippen LogP contribution < -0.4 is 10.5 Å². The highest BCUT2D eigenvalue weighted by Crippen LogP contribution is 2.37. The van der Waals surface area contributed by atoms with Crippen LogP contribution in [0.3, 0.4) is 0 Å². The fraction of sp³-hybridized carbons (Fsp3) is 0.389. The molecule has 0 saturated carbocycles. The Labute approximate surface area is 160 Å². The molecule has 1 aliphatic rings. The third kappa shape index (κ3) is 5.24. The quantitative estimate of drug-likeness (QED) is 0.334. The molecular weight excluding hydrogens is 375 g/mol. The Morgan fingerprint density at radius 3 is 2.82 bits per heavy atom. The minimum Gasteiger partial charge on any atom is -0.489 e. The van der Waals surface area contributed by atoms with Crippen LogP contribution in [0.1, 0.15) is 24.0 Å². The summed E-state index contributed by atoms with van der Waals surface area (Å²) in [7, 11) is 1.28. The van der Waals surface area contributed by atoms with Gasteiger partial charge in [-0.15, -0.1) is 0 Å². The van der Waals surface area contributed by atoms with Crippen molar-refractivity contribution in [1.82, 2.24) is 4.90 Å². The molecule has 10 heteroatoms. The van der Waals surface area contributed by atoms with E-state index in [9.17, 15) is 13.2 Å². The van der Waals surface area contributed by atoms with E-state index in [4.69, 9.17) is 20.7 Å². The average molecular weight is 397 g/mol. The molecule has 0 amide bonds. The summed E-state index contributed by atoms with van der Waals surface area (Å²) in [5, 5.41) is 11.3. The van der Waals surface area contributed by atoms with Gasteiger partial charge in [0.15, 0.2) is 11.8 Å². The van der Waals surface area contributed by atoms with Gasteiger partial charge in [-0.05, 0) is 31.0 Å². The third-order valence-corrected chi connectivity index (χ3v) is 4.06. The maximum atomic E-state index is 13.4. The van der Waals surface area contributed by atoms with Gasteiger partial charge < -0.3 is 20.2 Å². The Balaban J connectivity index is 2.35. The van der Waals surface area contributed by atoms with Crippen LogP contribution in [0.25, 0.3) is 0 Å². The number of guanidine groups is 1. The van der Waals surface area contributed by atoms with Crippen molar-refractivity contribution < 1.29 is 22.7 Å². The monoisotopic (exact) mass is 397 g/mol. The second kappa shape index (κ2) is 9.25. The molecule has 2 rings (SSSR count). The van der Waals surface area contributed by atoms with E-state index in [0.717, 1.165) is 18.9 Å². The molecule has 0 bridgehead atoms. The number of nitrogens with zero attached hydrogens (tertiary/aromatic N) is 3. The van der Waals surface area contributed by atoms with Crippen LogP contribution in [0, 0.1) is 5.41 Å². The van der Waals surface area contributed by atoms with Gasteiger partial charge >= 0.3 is 6.18 Å². The molecule has 0 aromatic heterocycles. The molecule has 1 fully saturated rings. The minimum absolute atomic E-state index is 0.0290. The van der Waals surface area contributed by atoms with E-state index in [-0.39, 0.29) is 35.8 Å². The van der Waals surface area contributed by atoms with Crippen LogP contribution in [-0.4, -0.2) is 49.2 Å². The summed E-state index contributed by atoms with van der Waals surface area (Å²) < 4.78 is 45.3.